The van der Waals surface area contributed by atoms with Crippen molar-refractivity contribution in [1.29, 1.82) is 0 Å². The zero-order valence-electron chi connectivity index (χ0n) is 13.0. The van der Waals surface area contributed by atoms with Gasteiger partial charge in [0.15, 0.2) is 6.61 Å². The molecule has 23 heavy (non-hydrogen) atoms. The maximum absolute atomic E-state index is 11.6. The van der Waals surface area contributed by atoms with E-state index in [2.05, 4.69) is 10.5 Å². The molecule has 0 unspecified atom stereocenters. The zero-order chi connectivity index (χ0) is 16.7. The largest absolute Gasteiger partial charge is 0.484 e. The number of nitrogens with one attached hydrogen (secondary N) is 1. The van der Waals surface area contributed by atoms with E-state index in [1.165, 1.54) is 0 Å². The Kier molecular flexibility index (Phi) is 6.00. The molecule has 120 valence electrons. The summed E-state index contributed by atoms with van der Waals surface area (Å²) in [5.41, 5.74) is 4.41. The van der Waals surface area contributed by atoms with Crippen LogP contribution in [0.25, 0.3) is 0 Å². The summed E-state index contributed by atoms with van der Waals surface area (Å²) in [6.45, 7) is -0.128. The monoisotopic (exact) mass is 331 g/mol. The summed E-state index contributed by atoms with van der Waals surface area (Å²) < 4.78 is 5.32. The van der Waals surface area contributed by atoms with Crippen LogP contribution in [-0.2, 0) is 4.79 Å². The van der Waals surface area contributed by atoms with E-state index in [0.717, 1.165) is 11.3 Å². The van der Waals surface area contributed by atoms with Crippen molar-refractivity contribution >= 4 is 29.4 Å². The first-order valence-electron chi connectivity index (χ1n) is 7.02. The average molecular weight is 332 g/mol. The van der Waals surface area contributed by atoms with Gasteiger partial charge in [0.1, 0.15) is 5.75 Å². The summed E-state index contributed by atoms with van der Waals surface area (Å²) in [4.78, 5) is 13.7. The number of carbonyl (C=O) groups is 1. The molecule has 0 heterocycles. The van der Waals surface area contributed by atoms with Crippen LogP contribution in [0.5, 0.6) is 5.75 Å². The number of benzene rings is 2. The van der Waals surface area contributed by atoms with E-state index in [1.54, 1.807) is 30.5 Å². The summed E-state index contributed by atoms with van der Waals surface area (Å²) in [6, 6.07) is 14.7. The molecule has 2 aromatic carbocycles. The molecule has 0 aliphatic heterocycles. The lowest BCUT2D eigenvalue weighted by Crippen LogP contribution is -2.24. The van der Waals surface area contributed by atoms with Crippen molar-refractivity contribution < 1.29 is 9.53 Å². The molecule has 0 fully saturated rings. The average Bonchev–Trinajstić information content (AvgIpc) is 2.53. The van der Waals surface area contributed by atoms with E-state index in [4.69, 9.17) is 16.3 Å². The van der Waals surface area contributed by atoms with E-state index >= 15 is 0 Å². The molecule has 2 rings (SSSR count). The van der Waals surface area contributed by atoms with Crippen LogP contribution >= 0.6 is 11.6 Å². The highest BCUT2D eigenvalue weighted by Crippen LogP contribution is 2.16. The molecule has 5 nitrogen and oxygen atoms in total. The molecule has 0 atom stereocenters. The SMILES string of the molecule is CN(C)c1ccc(/C=N\NC(=O)COc2cccc(Cl)c2)cc1. The van der Waals surface area contributed by atoms with Crippen LogP contribution in [0.1, 0.15) is 5.56 Å². The second kappa shape index (κ2) is 8.19. The van der Waals surface area contributed by atoms with Gasteiger partial charge < -0.3 is 9.64 Å². The number of hydrogen-bond donors (Lipinski definition) is 1. The van der Waals surface area contributed by atoms with Gasteiger partial charge in [-0.05, 0) is 35.9 Å². The van der Waals surface area contributed by atoms with Gasteiger partial charge in [0, 0.05) is 24.8 Å². The van der Waals surface area contributed by atoms with Crippen molar-refractivity contribution in [3.05, 3.63) is 59.1 Å². The van der Waals surface area contributed by atoms with Crippen LogP contribution in [0.4, 0.5) is 5.69 Å². The third kappa shape index (κ3) is 5.64. The highest BCUT2D eigenvalue weighted by Gasteiger charge is 2.01. The molecule has 0 aromatic heterocycles. The van der Waals surface area contributed by atoms with E-state index < -0.39 is 0 Å². The lowest BCUT2D eigenvalue weighted by Gasteiger charge is -2.11. The lowest BCUT2D eigenvalue weighted by molar-refractivity contribution is -0.123. The molecule has 0 aliphatic rings. The van der Waals surface area contributed by atoms with E-state index in [-0.39, 0.29) is 12.5 Å². The number of carbonyl (C=O) groups excluding carboxylic acids is 1. The Morgan fingerprint density at radius 3 is 2.65 bits per heavy atom. The molecule has 1 amide bonds. The highest BCUT2D eigenvalue weighted by atomic mass is 35.5. The first-order chi connectivity index (χ1) is 11.0. The van der Waals surface area contributed by atoms with Crippen molar-refractivity contribution in [2.24, 2.45) is 5.10 Å². The Morgan fingerprint density at radius 1 is 1.26 bits per heavy atom. The van der Waals surface area contributed by atoms with Crippen molar-refractivity contribution in [2.75, 3.05) is 25.6 Å². The minimum Gasteiger partial charge on any atom is -0.484 e. The first-order valence-corrected chi connectivity index (χ1v) is 7.40. The molecule has 0 radical (unpaired) electrons. The van der Waals surface area contributed by atoms with E-state index in [0.29, 0.717) is 10.8 Å². The van der Waals surface area contributed by atoms with Gasteiger partial charge in [0.05, 0.1) is 6.21 Å². The highest BCUT2D eigenvalue weighted by molar-refractivity contribution is 6.30. The number of nitrogens with zero attached hydrogens (tertiary/aromatic N) is 2. The Balaban J connectivity index is 1.79. The smallest absolute Gasteiger partial charge is 0.277 e. The molecule has 0 spiro atoms. The normalized spacial score (nSPS) is 10.6. The molecular weight excluding hydrogens is 314 g/mol. The number of amides is 1. The van der Waals surface area contributed by atoms with Gasteiger partial charge in [-0.2, -0.15) is 5.10 Å². The second-order valence-electron chi connectivity index (χ2n) is 5.03. The molecule has 0 saturated carbocycles. The van der Waals surface area contributed by atoms with E-state index in [1.807, 2.05) is 43.3 Å². The van der Waals surface area contributed by atoms with Gasteiger partial charge in [-0.3, -0.25) is 4.79 Å². The Hall–Kier alpha value is -2.53. The predicted molar refractivity (Wildman–Crippen MR) is 93.5 cm³/mol. The molecule has 1 N–H and O–H groups in total. The maximum Gasteiger partial charge on any atom is 0.277 e. The van der Waals surface area contributed by atoms with Gasteiger partial charge in [-0.15, -0.1) is 0 Å². The Morgan fingerprint density at radius 2 is 2.00 bits per heavy atom. The van der Waals surface area contributed by atoms with Crippen LogP contribution in [0.3, 0.4) is 0 Å². The molecule has 0 saturated heterocycles. The molecule has 0 aliphatic carbocycles. The topological polar surface area (TPSA) is 53.9 Å². The van der Waals surface area contributed by atoms with Crippen molar-refractivity contribution in [2.45, 2.75) is 0 Å². The predicted octanol–water partition coefficient (Wildman–Crippen LogP) is 2.94. The minimum atomic E-state index is -0.342. The summed E-state index contributed by atoms with van der Waals surface area (Å²) in [5.74, 6) is 0.196. The zero-order valence-corrected chi connectivity index (χ0v) is 13.7. The lowest BCUT2D eigenvalue weighted by atomic mass is 10.2. The van der Waals surface area contributed by atoms with Crippen molar-refractivity contribution in [3.8, 4) is 5.75 Å². The summed E-state index contributed by atoms with van der Waals surface area (Å²) in [6.07, 6.45) is 1.58. The molecule has 2 aromatic rings. The Labute approximate surface area is 140 Å². The summed E-state index contributed by atoms with van der Waals surface area (Å²) in [7, 11) is 3.95. The molecular formula is C17H18ClN3O2. The molecule has 0 bridgehead atoms. The fourth-order valence-corrected chi connectivity index (χ4v) is 1.96. The van der Waals surface area contributed by atoms with Crippen LogP contribution in [0.15, 0.2) is 53.6 Å². The van der Waals surface area contributed by atoms with Gasteiger partial charge in [0.2, 0.25) is 0 Å². The number of hydrazone groups is 1. The summed E-state index contributed by atoms with van der Waals surface area (Å²) in [5, 5.41) is 4.46. The quantitative estimate of drug-likeness (QED) is 0.654. The third-order valence-electron chi connectivity index (χ3n) is 2.98. The number of ether oxygens (including phenoxy) is 1. The number of anilines is 1. The fourth-order valence-electron chi connectivity index (χ4n) is 1.78. The van der Waals surface area contributed by atoms with Gasteiger partial charge in [-0.1, -0.05) is 29.8 Å². The fraction of sp³-hybridized carbons (Fsp3) is 0.176. The number of halogens is 1. The number of hydrogen-bond acceptors (Lipinski definition) is 4. The van der Waals surface area contributed by atoms with Gasteiger partial charge in [-0.25, -0.2) is 5.43 Å². The maximum atomic E-state index is 11.6. The van der Waals surface area contributed by atoms with Crippen LogP contribution in [0, 0.1) is 0 Å². The van der Waals surface area contributed by atoms with Crippen molar-refractivity contribution in [1.82, 2.24) is 5.43 Å². The van der Waals surface area contributed by atoms with Gasteiger partial charge in [0.25, 0.3) is 5.91 Å². The Bertz CT molecular complexity index is 684. The molecule has 6 heteroatoms. The van der Waals surface area contributed by atoms with Crippen LogP contribution < -0.4 is 15.1 Å². The van der Waals surface area contributed by atoms with Crippen LogP contribution in [0.2, 0.25) is 5.02 Å². The van der Waals surface area contributed by atoms with Crippen molar-refractivity contribution in [3.63, 3.8) is 0 Å². The summed E-state index contributed by atoms with van der Waals surface area (Å²) >= 11 is 5.84. The first kappa shape index (κ1) is 16.8. The van der Waals surface area contributed by atoms with Crippen LogP contribution in [-0.4, -0.2) is 32.8 Å². The third-order valence-corrected chi connectivity index (χ3v) is 3.21. The minimum absolute atomic E-state index is 0.128. The van der Waals surface area contributed by atoms with Gasteiger partial charge >= 0.3 is 0 Å². The van der Waals surface area contributed by atoms with E-state index in [9.17, 15) is 4.79 Å². The second-order valence-corrected chi connectivity index (χ2v) is 5.46. The standard InChI is InChI=1S/C17H18ClN3O2/c1-21(2)15-8-6-13(7-9-15)11-19-20-17(22)12-23-16-5-3-4-14(18)10-16/h3-11H,12H2,1-2H3,(H,20,22)/b19-11-. The number of rotatable bonds is 6.